The Morgan fingerprint density at radius 2 is 2.05 bits per heavy atom. The molecule has 1 rings (SSSR count). The largest absolute Gasteiger partial charge is 0.574 e. The molecule has 0 saturated carbocycles. The first kappa shape index (κ1) is 16.1. The molecule has 1 heterocycles. The Labute approximate surface area is 109 Å². The number of alkyl halides is 5. The Bertz CT molecular complexity index is 504. The lowest BCUT2D eigenvalue weighted by Gasteiger charge is -2.16. The minimum atomic E-state index is -5.23. The van der Waals surface area contributed by atoms with Crippen LogP contribution in [0, 0.1) is 0 Å². The molecule has 112 valence electrons. The van der Waals surface area contributed by atoms with Crippen LogP contribution in [0.3, 0.4) is 0 Å². The third-order valence-corrected chi connectivity index (χ3v) is 2.14. The highest BCUT2D eigenvalue weighted by Crippen LogP contribution is 2.34. The average molecular weight is 300 g/mol. The quantitative estimate of drug-likeness (QED) is 0.812. The van der Waals surface area contributed by atoms with Crippen molar-refractivity contribution in [1.82, 2.24) is 4.98 Å². The Morgan fingerprint density at radius 1 is 1.45 bits per heavy atom. The lowest BCUT2D eigenvalue weighted by molar-refractivity contribution is -0.276. The summed E-state index contributed by atoms with van der Waals surface area (Å²) < 4.78 is 65.6. The molecule has 0 bridgehead atoms. The predicted molar refractivity (Wildman–Crippen MR) is 55.1 cm³/mol. The zero-order chi connectivity index (χ0) is 15.5. The number of hydrogen-bond acceptors (Lipinski definition) is 4. The molecule has 0 fully saturated rings. The minimum absolute atomic E-state index is 0.190. The van der Waals surface area contributed by atoms with E-state index in [0.29, 0.717) is 0 Å². The summed E-state index contributed by atoms with van der Waals surface area (Å²) >= 11 is 0. The number of ether oxygens (including phenoxy) is 1. The van der Waals surface area contributed by atoms with Crippen LogP contribution in [-0.2, 0) is 17.8 Å². The molecular weight excluding hydrogens is 291 g/mol. The maximum Gasteiger partial charge on any atom is 0.574 e. The number of aromatic nitrogens is 1. The molecule has 0 saturated heterocycles. The maximum atomic E-state index is 12.8. The summed E-state index contributed by atoms with van der Waals surface area (Å²) in [5.74, 6) is -2.87. The summed E-state index contributed by atoms with van der Waals surface area (Å²) in [6.07, 6.45) is -9.51. The molecule has 0 aliphatic heterocycles. The number of hydrogen-bond donors (Lipinski definition) is 2. The van der Waals surface area contributed by atoms with E-state index in [1.165, 1.54) is 0 Å². The molecular formula is C10H9F5N2O3. The number of rotatable bonds is 5. The number of halogens is 5. The van der Waals surface area contributed by atoms with E-state index >= 15 is 0 Å². The van der Waals surface area contributed by atoms with E-state index < -0.39 is 42.2 Å². The molecule has 1 aromatic heterocycles. The number of pyridine rings is 1. The number of nitrogens with zero attached hydrogens (tertiary/aromatic N) is 1. The zero-order valence-corrected chi connectivity index (χ0v) is 9.75. The topological polar surface area (TPSA) is 85.4 Å². The second kappa shape index (κ2) is 5.99. The Morgan fingerprint density at radius 3 is 2.45 bits per heavy atom. The number of nitrogens with two attached hydrogens (primary N) is 1. The summed E-state index contributed by atoms with van der Waals surface area (Å²) in [4.78, 5) is 13.8. The van der Waals surface area contributed by atoms with Crippen LogP contribution in [0.2, 0.25) is 0 Å². The highest BCUT2D eigenvalue weighted by Gasteiger charge is 2.35. The van der Waals surface area contributed by atoms with E-state index in [-0.39, 0.29) is 12.2 Å². The fourth-order valence-corrected chi connectivity index (χ4v) is 1.47. The SMILES string of the molecule is NCc1cc(CC(=O)O)c(C(F)F)c(OC(F)(F)F)n1. The monoisotopic (exact) mass is 300 g/mol. The second-order valence-corrected chi connectivity index (χ2v) is 3.61. The van der Waals surface area contributed by atoms with Crippen molar-refractivity contribution in [3.63, 3.8) is 0 Å². The molecule has 0 aliphatic rings. The lowest BCUT2D eigenvalue weighted by atomic mass is 10.1. The van der Waals surface area contributed by atoms with Gasteiger partial charge in [-0.2, -0.15) is 0 Å². The highest BCUT2D eigenvalue weighted by molar-refractivity contribution is 5.71. The number of carboxylic acids is 1. The fourth-order valence-electron chi connectivity index (χ4n) is 1.47. The molecule has 0 radical (unpaired) electrons. The van der Waals surface area contributed by atoms with E-state index in [1.54, 1.807) is 0 Å². The first-order valence-electron chi connectivity index (χ1n) is 5.12. The molecule has 1 aromatic rings. The summed E-state index contributed by atoms with van der Waals surface area (Å²) in [6, 6.07) is 0.916. The second-order valence-electron chi connectivity index (χ2n) is 3.61. The van der Waals surface area contributed by atoms with E-state index in [9.17, 15) is 26.7 Å². The van der Waals surface area contributed by atoms with Gasteiger partial charge in [0.15, 0.2) is 0 Å². The Kier molecular flexibility index (Phi) is 4.82. The van der Waals surface area contributed by atoms with Crippen LogP contribution in [0.5, 0.6) is 5.88 Å². The van der Waals surface area contributed by atoms with Gasteiger partial charge in [-0.1, -0.05) is 0 Å². The van der Waals surface area contributed by atoms with Crippen LogP contribution in [0.25, 0.3) is 0 Å². The molecule has 0 unspecified atom stereocenters. The average Bonchev–Trinajstić information content (AvgIpc) is 2.24. The Hall–Kier alpha value is -1.97. The number of aliphatic carboxylic acids is 1. The third-order valence-electron chi connectivity index (χ3n) is 2.14. The third kappa shape index (κ3) is 4.30. The molecule has 0 amide bonds. The van der Waals surface area contributed by atoms with Gasteiger partial charge in [0, 0.05) is 6.54 Å². The summed E-state index contributed by atoms with van der Waals surface area (Å²) in [5.41, 5.74) is 3.25. The molecule has 10 heteroatoms. The standard InChI is InChI=1S/C10H9F5N2O3/c11-8(12)7-4(2-6(18)19)1-5(3-16)17-9(7)20-10(13,14)15/h1,8H,2-3,16H2,(H,18,19). The van der Waals surface area contributed by atoms with Crippen LogP contribution >= 0.6 is 0 Å². The van der Waals surface area contributed by atoms with Gasteiger partial charge >= 0.3 is 12.3 Å². The van der Waals surface area contributed by atoms with Crippen molar-refractivity contribution in [3.05, 3.63) is 22.9 Å². The number of carbonyl (C=O) groups is 1. The highest BCUT2D eigenvalue weighted by atomic mass is 19.4. The van der Waals surface area contributed by atoms with Gasteiger partial charge in [-0.05, 0) is 11.6 Å². The summed E-state index contributed by atoms with van der Waals surface area (Å²) in [7, 11) is 0. The van der Waals surface area contributed by atoms with Crippen LogP contribution in [0.4, 0.5) is 22.0 Å². The van der Waals surface area contributed by atoms with Gasteiger partial charge in [0.25, 0.3) is 6.43 Å². The predicted octanol–water partition coefficient (Wildman–Crippen LogP) is 2.00. The van der Waals surface area contributed by atoms with Gasteiger partial charge in [0.1, 0.15) is 0 Å². The molecule has 0 aromatic carbocycles. The summed E-state index contributed by atoms with van der Waals surface area (Å²) in [6.45, 7) is -0.357. The van der Waals surface area contributed by atoms with Crippen molar-refractivity contribution in [2.45, 2.75) is 25.8 Å². The summed E-state index contributed by atoms with van der Waals surface area (Å²) in [5, 5.41) is 8.60. The minimum Gasteiger partial charge on any atom is -0.481 e. The van der Waals surface area contributed by atoms with Crippen molar-refractivity contribution in [2.75, 3.05) is 0 Å². The van der Waals surface area contributed by atoms with Gasteiger partial charge in [-0.3, -0.25) is 4.79 Å². The first-order valence-corrected chi connectivity index (χ1v) is 5.12. The normalized spacial score (nSPS) is 11.8. The van der Waals surface area contributed by atoms with Gasteiger partial charge in [0.2, 0.25) is 5.88 Å². The van der Waals surface area contributed by atoms with Crippen LogP contribution in [-0.4, -0.2) is 22.4 Å². The molecule has 3 N–H and O–H groups in total. The molecule has 0 atom stereocenters. The van der Waals surface area contributed by atoms with Crippen LogP contribution < -0.4 is 10.5 Å². The molecule has 0 spiro atoms. The smallest absolute Gasteiger partial charge is 0.481 e. The Balaban J connectivity index is 3.41. The van der Waals surface area contributed by atoms with E-state index in [4.69, 9.17) is 10.8 Å². The van der Waals surface area contributed by atoms with Crippen molar-refractivity contribution >= 4 is 5.97 Å². The van der Waals surface area contributed by atoms with E-state index in [0.717, 1.165) is 6.07 Å². The molecule has 20 heavy (non-hydrogen) atoms. The first-order chi connectivity index (χ1) is 9.14. The fraction of sp³-hybridized carbons (Fsp3) is 0.400. The van der Waals surface area contributed by atoms with Crippen molar-refractivity contribution in [2.24, 2.45) is 5.73 Å². The van der Waals surface area contributed by atoms with Crippen molar-refractivity contribution in [1.29, 1.82) is 0 Å². The van der Waals surface area contributed by atoms with Gasteiger partial charge in [-0.15, -0.1) is 13.2 Å². The van der Waals surface area contributed by atoms with Crippen molar-refractivity contribution < 1.29 is 36.6 Å². The van der Waals surface area contributed by atoms with E-state index in [1.807, 2.05) is 0 Å². The lowest BCUT2D eigenvalue weighted by Crippen LogP contribution is -2.21. The van der Waals surface area contributed by atoms with Gasteiger partial charge in [0.05, 0.1) is 17.7 Å². The molecule has 0 aliphatic carbocycles. The maximum absolute atomic E-state index is 12.8. The van der Waals surface area contributed by atoms with Crippen LogP contribution in [0.15, 0.2) is 6.07 Å². The van der Waals surface area contributed by atoms with E-state index in [2.05, 4.69) is 9.72 Å². The van der Waals surface area contributed by atoms with Crippen molar-refractivity contribution in [3.8, 4) is 5.88 Å². The van der Waals surface area contributed by atoms with Crippen LogP contribution in [0.1, 0.15) is 23.2 Å². The number of carboxylic acid groups (broad SMARTS) is 1. The van der Waals surface area contributed by atoms with Gasteiger partial charge in [-0.25, -0.2) is 13.8 Å². The molecule has 5 nitrogen and oxygen atoms in total. The zero-order valence-electron chi connectivity index (χ0n) is 9.75. The van der Waals surface area contributed by atoms with Gasteiger partial charge < -0.3 is 15.6 Å².